The van der Waals surface area contributed by atoms with Crippen LogP contribution in [-0.4, -0.2) is 34.6 Å². The van der Waals surface area contributed by atoms with Gasteiger partial charge in [0.2, 0.25) is 11.8 Å². The first-order valence-electron chi connectivity index (χ1n) is 13.1. The van der Waals surface area contributed by atoms with E-state index in [2.05, 4.69) is 5.32 Å². The first kappa shape index (κ1) is 27.3. The van der Waals surface area contributed by atoms with Crippen molar-refractivity contribution >= 4 is 35.2 Å². The van der Waals surface area contributed by atoms with Crippen LogP contribution in [-0.2, 0) is 28.3 Å². The maximum absolute atomic E-state index is 13.8. The number of nitrogens with zero attached hydrogens (tertiary/aromatic N) is 1. The highest BCUT2D eigenvalue weighted by molar-refractivity contribution is 7.99. The second-order valence-electron chi connectivity index (χ2n) is 9.68. The van der Waals surface area contributed by atoms with Crippen molar-refractivity contribution in [3.05, 3.63) is 107 Å². The molecule has 4 rings (SSSR count). The fourth-order valence-corrected chi connectivity index (χ4v) is 5.79. The lowest BCUT2D eigenvalue weighted by molar-refractivity contribution is -0.139. The van der Waals surface area contributed by atoms with E-state index in [1.807, 2.05) is 84.9 Å². The Morgan fingerprint density at radius 2 is 1.46 bits per heavy atom. The lowest BCUT2D eigenvalue weighted by Crippen LogP contribution is -2.53. The fraction of sp³-hybridized carbons (Fsp3) is 0.355. The standard InChI is InChI=1S/C31H35ClN2O2S/c32-27-18-16-26(17-19-27)22-37-23-30(35)34(21-25-12-6-2-7-13-25)29(20-24-10-4-1-5-11-24)31(36)33-28-14-8-3-9-15-28/h1-2,4-7,10-13,16-19,28-29H,3,8-9,14-15,20-23H2,(H,33,36)/t29-/m0/s1. The maximum atomic E-state index is 13.8. The number of carbonyl (C=O) groups is 2. The minimum atomic E-state index is -0.576. The lowest BCUT2D eigenvalue weighted by Gasteiger charge is -2.33. The molecule has 1 aliphatic carbocycles. The van der Waals surface area contributed by atoms with Crippen LogP contribution in [0.2, 0.25) is 5.02 Å². The zero-order chi connectivity index (χ0) is 25.9. The molecule has 2 amide bonds. The van der Waals surface area contributed by atoms with Gasteiger partial charge in [-0.3, -0.25) is 9.59 Å². The summed E-state index contributed by atoms with van der Waals surface area (Å²) in [5, 5.41) is 4.00. The first-order chi connectivity index (χ1) is 18.1. The Kier molecular flexibility index (Phi) is 10.5. The van der Waals surface area contributed by atoms with Crippen LogP contribution >= 0.6 is 23.4 Å². The van der Waals surface area contributed by atoms with Crippen molar-refractivity contribution in [3.8, 4) is 0 Å². The van der Waals surface area contributed by atoms with Crippen LogP contribution in [0.15, 0.2) is 84.9 Å². The highest BCUT2D eigenvalue weighted by atomic mass is 35.5. The summed E-state index contributed by atoms with van der Waals surface area (Å²) in [7, 11) is 0. The Bertz CT molecular complexity index is 1120. The van der Waals surface area contributed by atoms with Crippen LogP contribution in [0.25, 0.3) is 0 Å². The van der Waals surface area contributed by atoms with Gasteiger partial charge < -0.3 is 10.2 Å². The predicted molar refractivity (Wildman–Crippen MR) is 154 cm³/mol. The average molecular weight is 535 g/mol. The van der Waals surface area contributed by atoms with Crippen molar-refractivity contribution in [1.29, 1.82) is 0 Å². The third-order valence-corrected chi connectivity index (χ3v) is 8.07. The topological polar surface area (TPSA) is 49.4 Å². The predicted octanol–water partition coefficient (Wildman–Crippen LogP) is 6.66. The summed E-state index contributed by atoms with van der Waals surface area (Å²) in [6.45, 7) is 0.400. The zero-order valence-corrected chi connectivity index (χ0v) is 22.7. The van der Waals surface area contributed by atoms with Gasteiger partial charge in [0, 0.05) is 29.8 Å². The van der Waals surface area contributed by atoms with Gasteiger partial charge in [-0.15, -0.1) is 11.8 Å². The van der Waals surface area contributed by atoms with Crippen LogP contribution in [0.5, 0.6) is 0 Å². The van der Waals surface area contributed by atoms with Crippen molar-refractivity contribution in [2.24, 2.45) is 0 Å². The van der Waals surface area contributed by atoms with E-state index in [4.69, 9.17) is 11.6 Å². The molecule has 3 aromatic carbocycles. The van der Waals surface area contributed by atoms with E-state index in [0.717, 1.165) is 42.4 Å². The number of nitrogens with one attached hydrogen (secondary N) is 1. The van der Waals surface area contributed by atoms with Crippen molar-refractivity contribution < 1.29 is 9.59 Å². The SMILES string of the molecule is O=C(NC1CCCCC1)[C@H](Cc1ccccc1)N(Cc1ccccc1)C(=O)CSCc1ccc(Cl)cc1. The van der Waals surface area contributed by atoms with E-state index < -0.39 is 6.04 Å². The number of hydrogen-bond donors (Lipinski definition) is 1. The Hall–Kier alpha value is -2.76. The van der Waals surface area contributed by atoms with Gasteiger partial charge in [-0.1, -0.05) is 104 Å². The summed E-state index contributed by atoms with van der Waals surface area (Å²) >= 11 is 7.57. The molecule has 37 heavy (non-hydrogen) atoms. The summed E-state index contributed by atoms with van der Waals surface area (Å²) in [5.74, 6) is 0.933. The van der Waals surface area contributed by atoms with E-state index in [-0.39, 0.29) is 17.9 Å². The van der Waals surface area contributed by atoms with E-state index in [1.54, 1.807) is 16.7 Å². The van der Waals surface area contributed by atoms with Crippen molar-refractivity contribution in [2.75, 3.05) is 5.75 Å². The molecule has 3 aromatic rings. The molecule has 0 spiro atoms. The molecule has 0 bridgehead atoms. The van der Waals surface area contributed by atoms with Crippen LogP contribution in [0.4, 0.5) is 0 Å². The molecular formula is C31H35ClN2O2S. The molecule has 0 radical (unpaired) electrons. The van der Waals surface area contributed by atoms with Crippen LogP contribution in [0.3, 0.4) is 0 Å². The third kappa shape index (κ3) is 8.65. The van der Waals surface area contributed by atoms with Gasteiger partial charge >= 0.3 is 0 Å². The van der Waals surface area contributed by atoms with E-state index in [0.29, 0.717) is 29.5 Å². The van der Waals surface area contributed by atoms with Crippen LogP contribution in [0.1, 0.15) is 48.8 Å². The molecule has 6 heteroatoms. The second kappa shape index (κ2) is 14.3. The highest BCUT2D eigenvalue weighted by Crippen LogP contribution is 2.21. The van der Waals surface area contributed by atoms with Crippen molar-refractivity contribution in [1.82, 2.24) is 10.2 Å². The Labute approximate surface area is 229 Å². The van der Waals surface area contributed by atoms with Gasteiger partial charge in [0.05, 0.1) is 5.75 Å². The largest absolute Gasteiger partial charge is 0.352 e. The number of thioether (sulfide) groups is 1. The summed E-state index contributed by atoms with van der Waals surface area (Å²) in [6, 6.07) is 27.3. The van der Waals surface area contributed by atoms with Gasteiger partial charge in [0.1, 0.15) is 6.04 Å². The Morgan fingerprint density at radius 1 is 0.838 bits per heavy atom. The minimum absolute atomic E-state index is 0.0254. The normalized spacial score (nSPS) is 14.6. The molecule has 1 atom stereocenters. The molecule has 4 nitrogen and oxygen atoms in total. The summed E-state index contributed by atoms with van der Waals surface area (Å²) in [5.41, 5.74) is 3.18. The quantitative estimate of drug-likeness (QED) is 0.299. The lowest BCUT2D eigenvalue weighted by atomic mass is 9.94. The summed E-state index contributed by atoms with van der Waals surface area (Å²) < 4.78 is 0. The highest BCUT2D eigenvalue weighted by Gasteiger charge is 2.31. The number of benzene rings is 3. The Morgan fingerprint density at radius 3 is 2.11 bits per heavy atom. The number of hydrogen-bond acceptors (Lipinski definition) is 3. The molecule has 0 unspecified atom stereocenters. The van der Waals surface area contributed by atoms with Gasteiger partial charge in [-0.2, -0.15) is 0 Å². The van der Waals surface area contributed by atoms with Gasteiger partial charge in [0.15, 0.2) is 0 Å². The smallest absolute Gasteiger partial charge is 0.243 e. The Balaban J connectivity index is 1.54. The fourth-order valence-electron chi connectivity index (χ4n) is 4.80. The molecule has 194 valence electrons. The van der Waals surface area contributed by atoms with Crippen LogP contribution in [0, 0.1) is 0 Å². The van der Waals surface area contributed by atoms with Crippen molar-refractivity contribution in [2.45, 2.75) is 62.9 Å². The minimum Gasteiger partial charge on any atom is -0.352 e. The monoisotopic (exact) mass is 534 g/mol. The van der Waals surface area contributed by atoms with E-state index in [9.17, 15) is 9.59 Å². The molecule has 1 aliphatic rings. The maximum Gasteiger partial charge on any atom is 0.243 e. The molecule has 1 N–H and O–H groups in total. The summed E-state index contributed by atoms with van der Waals surface area (Å²) in [6.07, 6.45) is 6.01. The first-order valence-corrected chi connectivity index (χ1v) is 14.6. The third-order valence-electron chi connectivity index (χ3n) is 6.83. The zero-order valence-electron chi connectivity index (χ0n) is 21.2. The molecule has 0 aromatic heterocycles. The molecular weight excluding hydrogens is 500 g/mol. The molecule has 0 aliphatic heterocycles. The second-order valence-corrected chi connectivity index (χ2v) is 11.1. The summed E-state index contributed by atoms with van der Waals surface area (Å²) in [4.78, 5) is 29.3. The van der Waals surface area contributed by atoms with Gasteiger partial charge in [-0.05, 0) is 41.7 Å². The van der Waals surface area contributed by atoms with Gasteiger partial charge in [0.25, 0.3) is 0 Å². The van der Waals surface area contributed by atoms with E-state index >= 15 is 0 Å². The van der Waals surface area contributed by atoms with Crippen molar-refractivity contribution in [3.63, 3.8) is 0 Å². The van der Waals surface area contributed by atoms with Gasteiger partial charge in [-0.25, -0.2) is 0 Å². The molecule has 0 heterocycles. The number of halogens is 1. The molecule has 0 saturated heterocycles. The average Bonchev–Trinajstić information content (AvgIpc) is 2.93. The van der Waals surface area contributed by atoms with E-state index in [1.165, 1.54) is 6.42 Å². The van der Waals surface area contributed by atoms with Crippen LogP contribution < -0.4 is 5.32 Å². The number of rotatable bonds is 11. The molecule has 1 saturated carbocycles. The number of amides is 2. The molecule has 1 fully saturated rings. The number of carbonyl (C=O) groups excluding carboxylic acids is 2.